The number of aliphatic hydroxyl groups is 1. The molecule has 98 valence electrons. The van der Waals surface area contributed by atoms with Crippen LogP contribution in [0.2, 0.25) is 0 Å². The van der Waals surface area contributed by atoms with Gasteiger partial charge in [-0.1, -0.05) is 0 Å². The predicted molar refractivity (Wildman–Crippen MR) is 74.7 cm³/mol. The van der Waals surface area contributed by atoms with E-state index in [1.807, 2.05) is 19.1 Å². The van der Waals surface area contributed by atoms with Gasteiger partial charge in [0.2, 0.25) is 0 Å². The Morgan fingerprint density at radius 1 is 1.44 bits per heavy atom. The van der Waals surface area contributed by atoms with Crippen LogP contribution in [0.1, 0.15) is 20.8 Å². The summed E-state index contributed by atoms with van der Waals surface area (Å²) in [6.07, 6.45) is 1.75. The average molecular weight is 248 g/mol. The molecule has 1 heterocycles. The summed E-state index contributed by atoms with van der Waals surface area (Å²) >= 11 is 0. The highest BCUT2D eigenvalue weighted by Crippen LogP contribution is 2.29. The third kappa shape index (κ3) is 2.56. The number of nitrogens with zero attached hydrogens (tertiary/aromatic N) is 2. The van der Waals surface area contributed by atoms with Gasteiger partial charge in [0, 0.05) is 18.5 Å². The highest BCUT2D eigenvalue weighted by Gasteiger charge is 2.19. The fourth-order valence-electron chi connectivity index (χ4n) is 2.11. The van der Waals surface area contributed by atoms with E-state index in [2.05, 4.69) is 15.1 Å². The number of aromatic nitrogens is 2. The van der Waals surface area contributed by atoms with E-state index in [0.29, 0.717) is 12.2 Å². The van der Waals surface area contributed by atoms with Gasteiger partial charge in [0.1, 0.15) is 0 Å². The third-order valence-electron chi connectivity index (χ3n) is 2.89. The molecule has 2 aromatic rings. The molecule has 0 aliphatic heterocycles. The summed E-state index contributed by atoms with van der Waals surface area (Å²) < 4.78 is 0. The van der Waals surface area contributed by atoms with Crippen molar-refractivity contribution in [3.63, 3.8) is 0 Å². The van der Waals surface area contributed by atoms with Crippen molar-refractivity contribution in [1.82, 2.24) is 10.2 Å². The van der Waals surface area contributed by atoms with E-state index in [1.165, 1.54) is 0 Å². The molecule has 0 unspecified atom stereocenters. The highest BCUT2D eigenvalue weighted by molar-refractivity contribution is 5.88. The number of fused-ring (bicyclic) bond motifs is 1. The quantitative estimate of drug-likeness (QED) is 0.720. The molecule has 0 aliphatic carbocycles. The van der Waals surface area contributed by atoms with Crippen LogP contribution in [-0.2, 0) is 0 Å². The van der Waals surface area contributed by atoms with E-state index < -0.39 is 5.60 Å². The molecule has 18 heavy (non-hydrogen) atoms. The zero-order valence-corrected chi connectivity index (χ0v) is 11.1. The van der Waals surface area contributed by atoms with Crippen molar-refractivity contribution in [2.45, 2.75) is 26.4 Å². The molecule has 0 bridgehead atoms. The Kier molecular flexibility index (Phi) is 3.17. The maximum Gasteiger partial charge on any atom is 0.0765 e. The molecule has 0 spiro atoms. The number of nitrogens with two attached hydrogens (primary N) is 1. The van der Waals surface area contributed by atoms with Gasteiger partial charge in [0.25, 0.3) is 0 Å². The van der Waals surface area contributed by atoms with Crippen molar-refractivity contribution in [2.24, 2.45) is 0 Å². The first kappa shape index (κ1) is 12.7. The smallest absolute Gasteiger partial charge is 0.0765 e. The van der Waals surface area contributed by atoms with Crippen LogP contribution in [0.15, 0.2) is 18.3 Å². The first-order valence-electron chi connectivity index (χ1n) is 6.10. The Morgan fingerprint density at radius 2 is 2.17 bits per heavy atom. The summed E-state index contributed by atoms with van der Waals surface area (Å²) in [6, 6.07) is 3.88. The molecule has 5 nitrogen and oxygen atoms in total. The molecule has 0 atom stereocenters. The van der Waals surface area contributed by atoms with Gasteiger partial charge in [-0.05, 0) is 32.9 Å². The number of benzene rings is 1. The number of rotatable bonds is 4. The second-order valence-corrected chi connectivity index (χ2v) is 5.19. The summed E-state index contributed by atoms with van der Waals surface area (Å²) in [5.41, 5.74) is 7.90. The Morgan fingerprint density at radius 3 is 2.78 bits per heavy atom. The van der Waals surface area contributed by atoms with E-state index in [-0.39, 0.29) is 0 Å². The van der Waals surface area contributed by atoms with Crippen LogP contribution in [0.25, 0.3) is 10.9 Å². The molecule has 2 rings (SSSR count). The lowest BCUT2D eigenvalue weighted by atomic mass is 10.1. The first-order valence-corrected chi connectivity index (χ1v) is 6.10. The lowest BCUT2D eigenvalue weighted by molar-refractivity contribution is 0.0876. The van der Waals surface area contributed by atoms with Gasteiger partial charge < -0.3 is 15.7 Å². The maximum atomic E-state index is 9.94. The summed E-state index contributed by atoms with van der Waals surface area (Å²) in [4.78, 5) is 2.07. The molecule has 1 aromatic heterocycles. The van der Waals surface area contributed by atoms with E-state index >= 15 is 0 Å². The summed E-state index contributed by atoms with van der Waals surface area (Å²) in [7, 11) is 0. The number of H-pyrrole nitrogens is 1. The fourth-order valence-corrected chi connectivity index (χ4v) is 2.11. The zero-order chi connectivity index (χ0) is 13.3. The number of nitrogen functional groups attached to an aromatic ring is 1. The Hall–Kier alpha value is -1.75. The van der Waals surface area contributed by atoms with Crippen LogP contribution in [-0.4, -0.2) is 34.0 Å². The average Bonchev–Trinajstić information content (AvgIpc) is 2.70. The molecule has 0 aliphatic rings. The lowest BCUT2D eigenvalue weighted by Gasteiger charge is -2.30. The zero-order valence-electron chi connectivity index (χ0n) is 11.1. The lowest BCUT2D eigenvalue weighted by Crippen LogP contribution is -2.38. The van der Waals surface area contributed by atoms with Crippen molar-refractivity contribution in [2.75, 3.05) is 23.7 Å². The van der Waals surface area contributed by atoms with Gasteiger partial charge in [-0.3, -0.25) is 5.10 Å². The largest absolute Gasteiger partial charge is 0.397 e. The van der Waals surface area contributed by atoms with Crippen LogP contribution < -0.4 is 10.6 Å². The number of hydrogen-bond donors (Lipinski definition) is 3. The minimum absolute atomic E-state index is 0.535. The van der Waals surface area contributed by atoms with Gasteiger partial charge >= 0.3 is 0 Å². The second-order valence-electron chi connectivity index (χ2n) is 5.19. The SMILES string of the molecule is CCN(CC(C)(C)O)c1cc2[nH]ncc2cc1N. The monoisotopic (exact) mass is 248 g/mol. The standard InChI is InChI=1S/C13H20N4O/c1-4-17(8-13(2,3)18)12-6-11-9(5-10(12)14)7-15-16-11/h5-7,18H,4,8,14H2,1-3H3,(H,15,16). The number of anilines is 2. The molecule has 4 N–H and O–H groups in total. The molecular formula is C13H20N4O. The molecule has 1 aromatic carbocycles. The van der Waals surface area contributed by atoms with Crippen LogP contribution in [0.4, 0.5) is 11.4 Å². The van der Waals surface area contributed by atoms with Crippen LogP contribution in [0.5, 0.6) is 0 Å². The van der Waals surface area contributed by atoms with E-state index in [0.717, 1.165) is 23.1 Å². The van der Waals surface area contributed by atoms with Crippen LogP contribution in [0, 0.1) is 0 Å². The van der Waals surface area contributed by atoms with Gasteiger partial charge in [-0.15, -0.1) is 0 Å². The minimum Gasteiger partial charge on any atom is -0.397 e. The molecule has 0 radical (unpaired) electrons. The molecular weight excluding hydrogens is 228 g/mol. The van der Waals surface area contributed by atoms with Crippen LogP contribution >= 0.6 is 0 Å². The van der Waals surface area contributed by atoms with Crippen molar-refractivity contribution < 1.29 is 5.11 Å². The summed E-state index contributed by atoms with van der Waals surface area (Å²) in [6.45, 7) is 6.95. The highest BCUT2D eigenvalue weighted by atomic mass is 16.3. The minimum atomic E-state index is -0.759. The molecule has 0 amide bonds. The molecule has 0 fully saturated rings. The Balaban J connectivity index is 2.40. The predicted octanol–water partition coefficient (Wildman–Crippen LogP) is 1.74. The fraction of sp³-hybridized carbons (Fsp3) is 0.462. The van der Waals surface area contributed by atoms with Crippen molar-refractivity contribution >= 4 is 22.3 Å². The Bertz CT molecular complexity index is 541. The maximum absolute atomic E-state index is 9.94. The van der Waals surface area contributed by atoms with Gasteiger partial charge in [-0.25, -0.2) is 0 Å². The second kappa shape index (κ2) is 4.49. The van der Waals surface area contributed by atoms with Crippen molar-refractivity contribution in [3.05, 3.63) is 18.3 Å². The number of aromatic amines is 1. The molecule has 0 saturated carbocycles. The number of hydrogen-bond acceptors (Lipinski definition) is 4. The Labute approximate surface area is 107 Å². The van der Waals surface area contributed by atoms with E-state index in [1.54, 1.807) is 20.0 Å². The van der Waals surface area contributed by atoms with Crippen molar-refractivity contribution in [3.8, 4) is 0 Å². The van der Waals surface area contributed by atoms with Crippen LogP contribution in [0.3, 0.4) is 0 Å². The van der Waals surface area contributed by atoms with Gasteiger partial charge in [0.15, 0.2) is 0 Å². The topological polar surface area (TPSA) is 78.2 Å². The number of likely N-dealkylation sites (N-methyl/N-ethyl adjacent to an activating group) is 1. The summed E-state index contributed by atoms with van der Waals surface area (Å²) in [5.74, 6) is 0. The van der Waals surface area contributed by atoms with Gasteiger partial charge in [-0.2, -0.15) is 5.10 Å². The van der Waals surface area contributed by atoms with E-state index in [4.69, 9.17) is 5.73 Å². The third-order valence-corrected chi connectivity index (χ3v) is 2.89. The van der Waals surface area contributed by atoms with Gasteiger partial charge in [0.05, 0.1) is 28.7 Å². The normalized spacial score (nSPS) is 12.0. The molecule has 5 heteroatoms. The number of nitrogens with one attached hydrogen (secondary N) is 1. The first-order chi connectivity index (χ1) is 8.40. The van der Waals surface area contributed by atoms with Crippen molar-refractivity contribution in [1.29, 1.82) is 0 Å². The summed E-state index contributed by atoms with van der Waals surface area (Å²) in [5, 5.41) is 17.9. The van der Waals surface area contributed by atoms with E-state index in [9.17, 15) is 5.11 Å². The molecule has 0 saturated heterocycles.